The number of nitrogens with one attached hydrogen (secondary N) is 1. The van der Waals surface area contributed by atoms with Crippen LogP contribution in [-0.2, 0) is 11.2 Å². The summed E-state index contributed by atoms with van der Waals surface area (Å²) in [7, 11) is 0. The number of carbonyl (C=O) groups is 1. The first-order valence-corrected chi connectivity index (χ1v) is 12.5. The minimum absolute atomic E-state index is 0.0717. The van der Waals surface area contributed by atoms with Crippen LogP contribution in [0.3, 0.4) is 0 Å². The molecule has 0 saturated carbocycles. The van der Waals surface area contributed by atoms with Gasteiger partial charge in [0.2, 0.25) is 17.7 Å². The van der Waals surface area contributed by atoms with Crippen LogP contribution < -0.4 is 11.1 Å². The average Bonchev–Trinajstić information content (AvgIpc) is 3.70. The number of hydrogen-bond donors (Lipinski definition) is 2. The number of rotatable bonds is 5. The van der Waals surface area contributed by atoms with E-state index in [1.165, 1.54) is 15.6 Å². The van der Waals surface area contributed by atoms with E-state index in [2.05, 4.69) is 37.6 Å². The molecule has 1 aliphatic rings. The SMILES string of the molecule is Nc1nc2c(cnn2C(C(=O)NC2CCCc3ccccc32)c2ccccc2)c2nc(-c3ccco3)nn12. The maximum atomic E-state index is 14.0. The molecule has 188 valence electrons. The molecule has 2 atom stereocenters. The van der Waals surface area contributed by atoms with Gasteiger partial charge in [0.1, 0.15) is 0 Å². The van der Waals surface area contributed by atoms with Gasteiger partial charge in [0.05, 0.1) is 23.9 Å². The van der Waals surface area contributed by atoms with E-state index in [1.807, 2.05) is 42.5 Å². The number of nitrogens with two attached hydrogens (primary N) is 1. The van der Waals surface area contributed by atoms with Crippen molar-refractivity contribution in [2.75, 3.05) is 5.73 Å². The van der Waals surface area contributed by atoms with E-state index in [9.17, 15) is 4.79 Å². The van der Waals surface area contributed by atoms with E-state index in [1.54, 1.807) is 29.3 Å². The zero-order valence-corrected chi connectivity index (χ0v) is 20.4. The van der Waals surface area contributed by atoms with E-state index in [4.69, 9.17) is 10.2 Å². The highest BCUT2D eigenvalue weighted by Crippen LogP contribution is 2.32. The third-order valence-electron chi connectivity index (χ3n) is 7.09. The summed E-state index contributed by atoms with van der Waals surface area (Å²) in [5.74, 6) is 0.869. The van der Waals surface area contributed by atoms with Crippen LogP contribution in [0.4, 0.5) is 5.95 Å². The summed E-state index contributed by atoms with van der Waals surface area (Å²) in [5, 5.41) is 13.0. The fourth-order valence-corrected chi connectivity index (χ4v) is 5.32. The molecule has 4 aromatic heterocycles. The molecule has 4 heterocycles. The van der Waals surface area contributed by atoms with Gasteiger partial charge in [-0.05, 0) is 48.1 Å². The van der Waals surface area contributed by atoms with Crippen LogP contribution in [-0.4, -0.2) is 35.3 Å². The maximum absolute atomic E-state index is 14.0. The first-order valence-electron chi connectivity index (χ1n) is 12.5. The van der Waals surface area contributed by atoms with E-state index in [0.717, 1.165) is 24.8 Å². The lowest BCUT2D eigenvalue weighted by atomic mass is 9.87. The molecule has 7 rings (SSSR count). The van der Waals surface area contributed by atoms with Crippen LogP contribution in [0.2, 0.25) is 0 Å². The zero-order valence-electron chi connectivity index (χ0n) is 20.4. The Balaban J connectivity index is 1.33. The lowest BCUT2D eigenvalue weighted by molar-refractivity contribution is -0.124. The number of furan rings is 1. The predicted octanol–water partition coefficient (Wildman–Crippen LogP) is 4.10. The van der Waals surface area contributed by atoms with Gasteiger partial charge in [-0.25, -0.2) is 9.67 Å². The van der Waals surface area contributed by atoms with Crippen molar-refractivity contribution in [1.29, 1.82) is 0 Å². The first-order chi connectivity index (χ1) is 18.7. The summed E-state index contributed by atoms with van der Waals surface area (Å²) in [6.45, 7) is 0. The van der Waals surface area contributed by atoms with Gasteiger partial charge in [-0.1, -0.05) is 54.6 Å². The van der Waals surface area contributed by atoms with Gasteiger partial charge in [0, 0.05) is 0 Å². The Morgan fingerprint density at radius 2 is 1.87 bits per heavy atom. The maximum Gasteiger partial charge on any atom is 0.250 e. The third-order valence-corrected chi connectivity index (χ3v) is 7.09. The number of amides is 1. The Labute approximate surface area is 217 Å². The molecular formula is C28H24N8O2. The molecule has 6 aromatic rings. The first kappa shape index (κ1) is 22.2. The predicted molar refractivity (Wildman–Crippen MR) is 141 cm³/mol. The molecule has 0 spiro atoms. The van der Waals surface area contributed by atoms with Crippen molar-refractivity contribution in [3.05, 3.63) is 95.9 Å². The molecule has 0 saturated heterocycles. The van der Waals surface area contributed by atoms with Crippen LogP contribution in [0.5, 0.6) is 0 Å². The number of carbonyl (C=O) groups excluding carboxylic acids is 1. The van der Waals surface area contributed by atoms with Gasteiger partial charge in [-0.3, -0.25) is 4.79 Å². The second kappa shape index (κ2) is 8.84. The van der Waals surface area contributed by atoms with Crippen molar-refractivity contribution in [2.45, 2.75) is 31.3 Å². The zero-order chi connectivity index (χ0) is 25.6. The number of aromatic nitrogens is 6. The number of hydrogen-bond acceptors (Lipinski definition) is 7. The smallest absolute Gasteiger partial charge is 0.250 e. The molecule has 0 fully saturated rings. The molecule has 0 radical (unpaired) electrons. The second-order valence-corrected chi connectivity index (χ2v) is 9.41. The third kappa shape index (κ3) is 3.61. The lowest BCUT2D eigenvalue weighted by Crippen LogP contribution is -2.37. The quantitative estimate of drug-likeness (QED) is 0.362. The normalized spacial score (nSPS) is 15.9. The van der Waals surface area contributed by atoms with Crippen molar-refractivity contribution >= 4 is 28.5 Å². The second-order valence-electron chi connectivity index (χ2n) is 9.41. The number of anilines is 1. The minimum atomic E-state index is -0.760. The molecule has 0 bridgehead atoms. The van der Waals surface area contributed by atoms with Gasteiger partial charge in [0.15, 0.2) is 23.1 Å². The van der Waals surface area contributed by atoms with Gasteiger partial charge in [-0.2, -0.15) is 14.6 Å². The highest BCUT2D eigenvalue weighted by molar-refractivity contribution is 5.92. The summed E-state index contributed by atoms with van der Waals surface area (Å²) in [5.41, 5.74) is 10.5. The number of nitrogens with zero attached hydrogens (tertiary/aromatic N) is 6. The molecule has 2 aromatic carbocycles. The summed E-state index contributed by atoms with van der Waals surface area (Å²) >= 11 is 0. The highest BCUT2D eigenvalue weighted by Gasteiger charge is 2.30. The van der Waals surface area contributed by atoms with Crippen molar-refractivity contribution in [3.8, 4) is 11.6 Å². The largest absolute Gasteiger partial charge is 0.461 e. The molecule has 38 heavy (non-hydrogen) atoms. The number of benzene rings is 2. The number of aryl methyl sites for hydroxylation is 1. The molecule has 1 amide bonds. The lowest BCUT2D eigenvalue weighted by Gasteiger charge is -2.28. The van der Waals surface area contributed by atoms with Crippen molar-refractivity contribution in [1.82, 2.24) is 34.7 Å². The van der Waals surface area contributed by atoms with E-state index in [0.29, 0.717) is 28.3 Å². The van der Waals surface area contributed by atoms with E-state index >= 15 is 0 Å². The van der Waals surface area contributed by atoms with E-state index < -0.39 is 6.04 Å². The highest BCUT2D eigenvalue weighted by atomic mass is 16.3. The standard InChI is InChI=1S/C28H24N8O2/c29-28-33-26-20(25-32-24(34-36(25)28)22-14-7-15-38-22)16-30-35(26)23(18-9-2-1-3-10-18)27(37)31-21-13-6-11-17-8-4-5-12-19(17)21/h1-5,7-10,12,14-16,21,23H,6,11,13H2,(H2,29,33)(H,31,37). The fraction of sp³-hybridized carbons (Fsp3) is 0.179. The van der Waals surface area contributed by atoms with Crippen LogP contribution >= 0.6 is 0 Å². The van der Waals surface area contributed by atoms with Gasteiger partial charge < -0.3 is 15.5 Å². The molecule has 1 aliphatic carbocycles. The Kier molecular flexibility index (Phi) is 5.17. The Bertz CT molecular complexity index is 1770. The molecule has 3 N–H and O–H groups in total. The van der Waals surface area contributed by atoms with Gasteiger partial charge in [0.25, 0.3) is 0 Å². The Morgan fingerprint density at radius 1 is 1.03 bits per heavy atom. The van der Waals surface area contributed by atoms with Crippen LogP contribution in [0.15, 0.2) is 83.6 Å². The number of fused-ring (bicyclic) bond motifs is 4. The molecular weight excluding hydrogens is 480 g/mol. The molecule has 10 heteroatoms. The number of nitrogen functional groups attached to an aromatic ring is 1. The van der Waals surface area contributed by atoms with Gasteiger partial charge >= 0.3 is 0 Å². The molecule has 0 aliphatic heterocycles. The minimum Gasteiger partial charge on any atom is -0.461 e. The van der Waals surface area contributed by atoms with E-state index in [-0.39, 0.29) is 17.9 Å². The topological polar surface area (TPSA) is 129 Å². The monoisotopic (exact) mass is 504 g/mol. The summed E-state index contributed by atoms with van der Waals surface area (Å²) in [6.07, 6.45) is 6.13. The summed E-state index contributed by atoms with van der Waals surface area (Å²) < 4.78 is 8.54. The average molecular weight is 505 g/mol. The van der Waals surface area contributed by atoms with Crippen LogP contribution in [0.25, 0.3) is 28.3 Å². The Hall–Kier alpha value is -4.99. The van der Waals surface area contributed by atoms with Crippen LogP contribution in [0, 0.1) is 0 Å². The van der Waals surface area contributed by atoms with Crippen molar-refractivity contribution < 1.29 is 9.21 Å². The van der Waals surface area contributed by atoms with Crippen LogP contribution in [0.1, 0.15) is 41.6 Å². The Morgan fingerprint density at radius 3 is 2.71 bits per heavy atom. The fourth-order valence-electron chi connectivity index (χ4n) is 5.32. The molecule has 10 nitrogen and oxygen atoms in total. The van der Waals surface area contributed by atoms with Gasteiger partial charge in [-0.15, -0.1) is 5.10 Å². The van der Waals surface area contributed by atoms with Crippen molar-refractivity contribution in [2.24, 2.45) is 0 Å². The van der Waals surface area contributed by atoms with Crippen molar-refractivity contribution in [3.63, 3.8) is 0 Å². The summed E-state index contributed by atoms with van der Waals surface area (Å²) in [4.78, 5) is 23.2. The summed E-state index contributed by atoms with van der Waals surface area (Å²) in [6, 6.07) is 20.6. The molecule has 2 unspecified atom stereocenters.